The zero-order valence-corrected chi connectivity index (χ0v) is 15.9. The summed E-state index contributed by atoms with van der Waals surface area (Å²) in [6, 6.07) is 6.43. The molecule has 3 rings (SSSR count). The molecule has 3 aromatic rings. The molecule has 1 atom stereocenters. The first kappa shape index (κ1) is 16.8. The van der Waals surface area contributed by atoms with Crippen molar-refractivity contribution in [3.8, 4) is 11.4 Å². The van der Waals surface area contributed by atoms with Gasteiger partial charge in [0, 0.05) is 12.3 Å². The Hall–Kier alpha value is -2.01. The van der Waals surface area contributed by atoms with Gasteiger partial charge in [0.1, 0.15) is 5.76 Å². The zero-order valence-electron chi connectivity index (χ0n) is 15.0. The van der Waals surface area contributed by atoms with E-state index in [2.05, 4.69) is 50.0 Å². The molecule has 0 aliphatic rings. The topological polar surface area (TPSA) is 43.9 Å². The molecule has 24 heavy (non-hydrogen) atoms. The Labute approximate surface area is 147 Å². The molecule has 1 aromatic carbocycles. The predicted octanol–water partition coefficient (Wildman–Crippen LogP) is 5.16. The quantitative estimate of drug-likeness (QED) is 0.615. The minimum atomic E-state index is 0.312. The average molecular weight is 341 g/mol. The fraction of sp³-hybridized carbons (Fsp3) is 0.368. The first-order valence-corrected chi connectivity index (χ1v) is 8.94. The normalized spacial score (nSPS) is 12.6. The van der Waals surface area contributed by atoms with Gasteiger partial charge >= 0.3 is 0 Å². The molecule has 126 valence electrons. The number of aryl methyl sites for hydroxylation is 4. The summed E-state index contributed by atoms with van der Waals surface area (Å²) in [5, 5.41) is 9.97. The Kier molecular flexibility index (Phi) is 4.54. The van der Waals surface area contributed by atoms with Crippen LogP contribution in [0.5, 0.6) is 0 Å². The van der Waals surface area contributed by atoms with E-state index in [0.29, 0.717) is 5.25 Å². The minimum Gasteiger partial charge on any atom is -0.469 e. The van der Waals surface area contributed by atoms with Crippen LogP contribution in [0, 0.1) is 27.7 Å². The molecular formula is C19H23N3OS. The van der Waals surface area contributed by atoms with Crippen molar-refractivity contribution < 1.29 is 4.42 Å². The van der Waals surface area contributed by atoms with E-state index in [1.807, 2.05) is 24.6 Å². The van der Waals surface area contributed by atoms with Crippen molar-refractivity contribution in [1.82, 2.24) is 14.8 Å². The largest absolute Gasteiger partial charge is 0.469 e. The fourth-order valence-corrected chi connectivity index (χ4v) is 4.46. The molecule has 0 aliphatic heterocycles. The predicted molar refractivity (Wildman–Crippen MR) is 98.4 cm³/mol. The van der Waals surface area contributed by atoms with Crippen molar-refractivity contribution >= 4 is 11.8 Å². The number of hydrogen-bond acceptors (Lipinski definition) is 4. The zero-order chi connectivity index (χ0) is 17.4. The molecule has 0 saturated heterocycles. The summed E-state index contributed by atoms with van der Waals surface area (Å²) in [4.78, 5) is 0. The van der Waals surface area contributed by atoms with E-state index in [1.54, 1.807) is 18.0 Å². The van der Waals surface area contributed by atoms with Gasteiger partial charge in [-0.15, -0.1) is 10.2 Å². The van der Waals surface area contributed by atoms with Crippen molar-refractivity contribution in [3.05, 3.63) is 52.5 Å². The molecule has 0 amide bonds. The molecule has 5 heteroatoms. The maximum atomic E-state index is 5.39. The van der Waals surface area contributed by atoms with Crippen LogP contribution in [0.1, 0.15) is 40.2 Å². The number of benzene rings is 1. The Bertz CT molecular complexity index is 856. The summed E-state index contributed by atoms with van der Waals surface area (Å²) in [6.07, 6.45) is 1.69. The van der Waals surface area contributed by atoms with Crippen LogP contribution in [0.2, 0.25) is 0 Å². The van der Waals surface area contributed by atoms with Crippen molar-refractivity contribution in [1.29, 1.82) is 0 Å². The van der Waals surface area contributed by atoms with Gasteiger partial charge in [-0.2, -0.15) is 0 Å². The van der Waals surface area contributed by atoms with Crippen LogP contribution in [0.15, 0.2) is 34.0 Å². The summed E-state index contributed by atoms with van der Waals surface area (Å²) in [7, 11) is 2.01. The van der Waals surface area contributed by atoms with Crippen molar-refractivity contribution in [2.24, 2.45) is 7.05 Å². The first-order valence-electron chi connectivity index (χ1n) is 8.06. The van der Waals surface area contributed by atoms with Crippen LogP contribution < -0.4 is 0 Å². The summed E-state index contributed by atoms with van der Waals surface area (Å²) in [6.45, 7) is 10.7. The molecule has 0 unspecified atom stereocenters. The highest BCUT2D eigenvalue weighted by Gasteiger charge is 2.19. The molecule has 0 spiro atoms. The molecule has 2 aromatic heterocycles. The molecule has 2 heterocycles. The van der Waals surface area contributed by atoms with Gasteiger partial charge in [-0.3, -0.25) is 0 Å². The van der Waals surface area contributed by atoms with E-state index in [0.717, 1.165) is 22.3 Å². The van der Waals surface area contributed by atoms with Gasteiger partial charge in [-0.05, 0) is 57.4 Å². The third-order valence-electron chi connectivity index (χ3n) is 4.36. The van der Waals surface area contributed by atoms with Crippen LogP contribution in [0.3, 0.4) is 0 Å². The van der Waals surface area contributed by atoms with E-state index >= 15 is 0 Å². The van der Waals surface area contributed by atoms with Gasteiger partial charge in [0.25, 0.3) is 0 Å². The van der Waals surface area contributed by atoms with Crippen molar-refractivity contribution in [2.75, 3.05) is 0 Å². The first-order chi connectivity index (χ1) is 11.4. The number of rotatable bonds is 4. The molecular weight excluding hydrogens is 318 g/mol. The second-order valence-electron chi connectivity index (χ2n) is 6.33. The number of thioether (sulfide) groups is 1. The molecule has 0 aliphatic carbocycles. The van der Waals surface area contributed by atoms with Crippen LogP contribution >= 0.6 is 11.8 Å². The highest BCUT2D eigenvalue weighted by atomic mass is 32.2. The summed E-state index contributed by atoms with van der Waals surface area (Å²) in [5.74, 6) is 1.70. The third kappa shape index (κ3) is 3.00. The summed E-state index contributed by atoms with van der Waals surface area (Å²) >= 11 is 1.74. The van der Waals surface area contributed by atoms with E-state index in [9.17, 15) is 0 Å². The summed E-state index contributed by atoms with van der Waals surface area (Å²) in [5.41, 5.74) is 6.35. The van der Waals surface area contributed by atoms with Gasteiger partial charge in [0.2, 0.25) is 0 Å². The monoisotopic (exact) mass is 341 g/mol. The number of nitrogens with zero attached hydrogens (tertiary/aromatic N) is 3. The smallest absolute Gasteiger partial charge is 0.191 e. The van der Waals surface area contributed by atoms with Gasteiger partial charge in [0.15, 0.2) is 11.0 Å². The van der Waals surface area contributed by atoms with Crippen molar-refractivity contribution in [3.63, 3.8) is 0 Å². The maximum Gasteiger partial charge on any atom is 0.191 e. The number of hydrogen-bond donors (Lipinski definition) is 0. The van der Waals surface area contributed by atoms with Crippen LogP contribution in [-0.4, -0.2) is 14.8 Å². The average Bonchev–Trinajstić information content (AvgIpc) is 3.05. The second kappa shape index (κ2) is 6.48. The van der Waals surface area contributed by atoms with Crippen molar-refractivity contribution in [2.45, 2.75) is 45.0 Å². The minimum absolute atomic E-state index is 0.312. The van der Waals surface area contributed by atoms with Crippen LogP contribution in [-0.2, 0) is 7.05 Å². The Morgan fingerprint density at radius 3 is 2.33 bits per heavy atom. The number of aromatic nitrogens is 3. The maximum absolute atomic E-state index is 5.39. The molecule has 4 nitrogen and oxygen atoms in total. The molecule has 0 bridgehead atoms. The third-order valence-corrected chi connectivity index (χ3v) is 5.52. The number of furan rings is 1. The van der Waals surface area contributed by atoms with E-state index < -0.39 is 0 Å². The van der Waals surface area contributed by atoms with Gasteiger partial charge in [0.05, 0.1) is 11.8 Å². The van der Waals surface area contributed by atoms with Crippen LogP contribution in [0.25, 0.3) is 11.4 Å². The standard InChI is InChI=1S/C19H23N3OS/c1-11-9-12(2)17(13(3)10-11)15(5)24-19-21-20-18(22(19)6)16-7-8-23-14(16)4/h7-10,15H,1-6H3/t15-/m1/s1. The van der Waals surface area contributed by atoms with Gasteiger partial charge in [-0.25, -0.2) is 0 Å². The molecule has 0 fully saturated rings. The lowest BCUT2D eigenvalue weighted by molar-refractivity contribution is 0.534. The lowest BCUT2D eigenvalue weighted by atomic mass is 9.98. The Morgan fingerprint density at radius 2 is 1.75 bits per heavy atom. The lowest BCUT2D eigenvalue weighted by Crippen LogP contribution is -2.00. The fourth-order valence-electron chi connectivity index (χ4n) is 3.32. The Balaban J connectivity index is 1.90. The molecule has 0 radical (unpaired) electrons. The molecule has 0 saturated carbocycles. The Morgan fingerprint density at radius 1 is 1.08 bits per heavy atom. The van der Waals surface area contributed by atoms with E-state index in [-0.39, 0.29) is 0 Å². The molecule has 0 N–H and O–H groups in total. The SMILES string of the molecule is Cc1cc(C)c([C@@H](C)Sc2nnc(-c3ccoc3C)n2C)c(C)c1. The van der Waals surface area contributed by atoms with E-state index in [1.165, 1.54) is 22.3 Å². The summed E-state index contributed by atoms with van der Waals surface area (Å²) < 4.78 is 7.43. The highest BCUT2D eigenvalue weighted by molar-refractivity contribution is 7.99. The van der Waals surface area contributed by atoms with Crippen LogP contribution in [0.4, 0.5) is 0 Å². The van der Waals surface area contributed by atoms with Gasteiger partial charge in [-0.1, -0.05) is 29.5 Å². The highest BCUT2D eigenvalue weighted by Crippen LogP contribution is 2.38. The van der Waals surface area contributed by atoms with E-state index in [4.69, 9.17) is 4.42 Å². The van der Waals surface area contributed by atoms with Gasteiger partial charge < -0.3 is 8.98 Å². The lowest BCUT2D eigenvalue weighted by Gasteiger charge is -2.17. The second-order valence-corrected chi connectivity index (χ2v) is 7.64.